The summed E-state index contributed by atoms with van der Waals surface area (Å²) in [4.78, 5) is 42.7. The van der Waals surface area contributed by atoms with Gasteiger partial charge in [0.1, 0.15) is 24.2 Å². The molecule has 0 aliphatic carbocycles. The number of thioether (sulfide) groups is 1. The third-order valence-corrected chi connectivity index (χ3v) is 6.60. The van der Waals surface area contributed by atoms with Crippen LogP contribution < -0.4 is 0 Å². The van der Waals surface area contributed by atoms with Crippen molar-refractivity contribution >= 4 is 39.7 Å². The van der Waals surface area contributed by atoms with Gasteiger partial charge in [-0.25, -0.2) is 8.78 Å². The highest BCUT2D eigenvalue weighted by Gasteiger charge is 2.39. The summed E-state index contributed by atoms with van der Waals surface area (Å²) in [6.45, 7) is -0.175. The molecule has 2 aromatic carbocycles. The van der Waals surface area contributed by atoms with Gasteiger partial charge in [0.15, 0.2) is 0 Å². The van der Waals surface area contributed by atoms with Crippen molar-refractivity contribution in [1.29, 1.82) is 0 Å². The summed E-state index contributed by atoms with van der Waals surface area (Å²) >= 11 is 0.846. The standard InChI is InChI=1S/C22H17F2N3O3S/c23-12-5-6-16(24)15(9-12)21-20-14(13-3-1-2-4-17(13)25-20)7-8-26(21)18(28)10-27-19(29)11-31-22(27)30/h1-6,9,21,25H,7-8,10-11H2/t21-/m0/s1. The van der Waals surface area contributed by atoms with E-state index in [-0.39, 0.29) is 17.9 Å². The van der Waals surface area contributed by atoms with Gasteiger partial charge in [-0.2, -0.15) is 0 Å². The number of imide groups is 1. The average Bonchev–Trinajstić information content (AvgIpc) is 3.29. The van der Waals surface area contributed by atoms with Crippen molar-refractivity contribution in [3.05, 3.63) is 70.9 Å². The topological polar surface area (TPSA) is 73.5 Å². The minimum absolute atomic E-state index is 0.000231. The van der Waals surface area contributed by atoms with Crippen LogP contribution in [0.25, 0.3) is 10.9 Å². The molecule has 0 saturated carbocycles. The van der Waals surface area contributed by atoms with E-state index in [1.54, 1.807) is 0 Å². The van der Waals surface area contributed by atoms with E-state index in [1.807, 2.05) is 24.3 Å². The number of hydrogen-bond acceptors (Lipinski definition) is 4. The van der Waals surface area contributed by atoms with Crippen LogP contribution in [-0.2, 0) is 16.0 Å². The molecule has 0 radical (unpaired) electrons. The fourth-order valence-electron chi connectivity index (χ4n) is 4.32. The third kappa shape index (κ3) is 3.29. The maximum absolute atomic E-state index is 14.8. The summed E-state index contributed by atoms with van der Waals surface area (Å²) in [6.07, 6.45) is 0.509. The van der Waals surface area contributed by atoms with Gasteiger partial charge >= 0.3 is 0 Å². The van der Waals surface area contributed by atoms with Gasteiger partial charge in [-0.05, 0) is 36.2 Å². The molecule has 0 spiro atoms. The normalized spacial score (nSPS) is 18.7. The molecular weight excluding hydrogens is 424 g/mol. The van der Waals surface area contributed by atoms with E-state index in [1.165, 1.54) is 4.90 Å². The van der Waals surface area contributed by atoms with Gasteiger partial charge in [0.05, 0.1) is 5.75 Å². The van der Waals surface area contributed by atoms with Crippen LogP contribution in [0.5, 0.6) is 0 Å². The molecule has 9 heteroatoms. The number of hydrogen-bond donors (Lipinski definition) is 1. The number of nitrogens with zero attached hydrogens (tertiary/aromatic N) is 2. The molecule has 3 aromatic rings. The number of para-hydroxylation sites is 1. The molecule has 1 saturated heterocycles. The first-order valence-corrected chi connectivity index (χ1v) is 10.7. The predicted molar refractivity (Wildman–Crippen MR) is 111 cm³/mol. The molecule has 6 nitrogen and oxygen atoms in total. The first kappa shape index (κ1) is 19.7. The molecule has 2 aliphatic rings. The number of rotatable bonds is 3. The third-order valence-electron chi connectivity index (χ3n) is 5.74. The monoisotopic (exact) mass is 441 g/mol. The Kier molecular flexibility index (Phi) is 4.77. The van der Waals surface area contributed by atoms with Crippen LogP contribution in [0.1, 0.15) is 22.9 Å². The molecule has 158 valence electrons. The number of benzene rings is 2. The van der Waals surface area contributed by atoms with Gasteiger partial charge < -0.3 is 9.88 Å². The lowest BCUT2D eigenvalue weighted by Gasteiger charge is -2.37. The Bertz CT molecular complexity index is 1230. The number of carbonyl (C=O) groups excluding carboxylic acids is 3. The van der Waals surface area contributed by atoms with Crippen molar-refractivity contribution in [1.82, 2.24) is 14.8 Å². The Hall–Kier alpha value is -3.20. The van der Waals surface area contributed by atoms with Gasteiger partial charge in [0.25, 0.3) is 5.24 Å². The molecule has 31 heavy (non-hydrogen) atoms. The van der Waals surface area contributed by atoms with Crippen LogP contribution >= 0.6 is 11.8 Å². The summed E-state index contributed by atoms with van der Waals surface area (Å²) in [7, 11) is 0. The maximum Gasteiger partial charge on any atom is 0.289 e. The first-order valence-electron chi connectivity index (χ1n) is 9.75. The van der Waals surface area contributed by atoms with E-state index in [4.69, 9.17) is 0 Å². The van der Waals surface area contributed by atoms with Crippen molar-refractivity contribution in [2.45, 2.75) is 12.5 Å². The first-order chi connectivity index (χ1) is 14.9. The molecule has 2 aliphatic heterocycles. The number of H-pyrrole nitrogens is 1. The largest absolute Gasteiger partial charge is 0.356 e. The molecule has 1 N–H and O–H groups in total. The van der Waals surface area contributed by atoms with Crippen molar-refractivity contribution in [3.63, 3.8) is 0 Å². The lowest BCUT2D eigenvalue weighted by Crippen LogP contribution is -2.46. The second-order valence-corrected chi connectivity index (χ2v) is 8.43. The summed E-state index contributed by atoms with van der Waals surface area (Å²) in [5.41, 5.74) is 2.41. The minimum Gasteiger partial charge on any atom is -0.356 e. The van der Waals surface area contributed by atoms with Crippen LogP contribution in [0.2, 0.25) is 0 Å². The van der Waals surface area contributed by atoms with Crippen LogP contribution in [0.4, 0.5) is 13.6 Å². The zero-order valence-electron chi connectivity index (χ0n) is 16.2. The summed E-state index contributed by atoms with van der Waals surface area (Å²) < 4.78 is 28.9. The van der Waals surface area contributed by atoms with E-state index >= 15 is 0 Å². The highest BCUT2D eigenvalue weighted by atomic mass is 32.2. The fraction of sp³-hybridized carbons (Fsp3) is 0.227. The molecule has 5 rings (SSSR count). The Labute approximate surface area is 180 Å². The van der Waals surface area contributed by atoms with E-state index in [0.29, 0.717) is 12.1 Å². The summed E-state index contributed by atoms with van der Waals surface area (Å²) in [5.74, 6) is -2.18. The lowest BCUT2D eigenvalue weighted by molar-refractivity contribution is -0.138. The zero-order chi connectivity index (χ0) is 21.7. The number of aromatic nitrogens is 1. The van der Waals surface area contributed by atoms with Gasteiger partial charge in [0, 0.05) is 28.7 Å². The van der Waals surface area contributed by atoms with Crippen molar-refractivity contribution in [3.8, 4) is 0 Å². The van der Waals surface area contributed by atoms with Gasteiger partial charge in [-0.3, -0.25) is 19.3 Å². The second-order valence-electron chi connectivity index (χ2n) is 7.50. The van der Waals surface area contributed by atoms with Crippen LogP contribution in [0.3, 0.4) is 0 Å². The minimum atomic E-state index is -0.903. The molecule has 1 atom stereocenters. The Morgan fingerprint density at radius 3 is 2.74 bits per heavy atom. The fourth-order valence-corrected chi connectivity index (χ4v) is 5.04. The van der Waals surface area contributed by atoms with Crippen LogP contribution in [0, 0.1) is 11.6 Å². The highest BCUT2D eigenvalue weighted by Crippen LogP contribution is 2.39. The second kappa shape index (κ2) is 7.49. The quantitative estimate of drug-likeness (QED) is 0.674. The highest BCUT2D eigenvalue weighted by molar-refractivity contribution is 8.14. The van der Waals surface area contributed by atoms with Crippen LogP contribution in [0.15, 0.2) is 42.5 Å². The van der Waals surface area contributed by atoms with E-state index < -0.39 is 41.3 Å². The molecule has 0 unspecified atom stereocenters. The lowest BCUT2D eigenvalue weighted by atomic mass is 9.92. The number of amides is 3. The van der Waals surface area contributed by atoms with E-state index in [2.05, 4.69) is 4.98 Å². The Balaban J connectivity index is 1.60. The zero-order valence-corrected chi connectivity index (χ0v) is 17.0. The predicted octanol–water partition coefficient (Wildman–Crippen LogP) is 3.62. The molecule has 1 aromatic heterocycles. The molecule has 0 bridgehead atoms. The average molecular weight is 441 g/mol. The molecule has 3 amide bonds. The summed E-state index contributed by atoms with van der Waals surface area (Å²) in [6, 6.07) is 9.84. The van der Waals surface area contributed by atoms with Crippen molar-refractivity contribution in [2.24, 2.45) is 0 Å². The Morgan fingerprint density at radius 1 is 1.16 bits per heavy atom. The van der Waals surface area contributed by atoms with Gasteiger partial charge in [-0.15, -0.1) is 0 Å². The van der Waals surface area contributed by atoms with Crippen LogP contribution in [-0.4, -0.2) is 50.7 Å². The maximum atomic E-state index is 14.8. The van der Waals surface area contributed by atoms with Gasteiger partial charge in [0.2, 0.25) is 11.8 Å². The smallest absolute Gasteiger partial charge is 0.289 e. The number of halogens is 2. The van der Waals surface area contributed by atoms with Crippen molar-refractivity contribution < 1.29 is 23.2 Å². The number of carbonyl (C=O) groups is 3. The summed E-state index contributed by atoms with van der Waals surface area (Å²) in [5, 5.41) is 0.489. The number of fused-ring (bicyclic) bond motifs is 3. The van der Waals surface area contributed by atoms with E-state index in [0.717, 1.165) is 51.3 Å². The van der Waals surface area contributed by atoms with E-state index in [9.17, 15) is 23.2 Å². The SMILES string of the molecule is O=C1CSC(=O)N1CC(=O)N1CCc2c([nH]c3ccccc23)[C@@H]1c1cc(F)ccc1F. The molecular formula is C22H17F2N3O3S. The molecule has 1 fully saturated rings. The number of aromatic amines is 1. The Morgan fingerprint density at radius 2 is 1.97 bits per heavy atom. The van der Waals surface area contributed by atoms with Crippen molar-refractivity contribution in [2.75, 3.05) is 18.8 Å². The molecule has 3 heterocycles. The van der Waals surface area contributed by atoms with Gasteiger partial charge in [-0.1, -0.05) is 30.0 Å². The number of nitrogens with one attached hydrogen (secondary N) is 1.